The first-order valence-corrected chi connectivity index (χ1v) is 8.65. The zero-order chi connectivity index (χ0) is 17.2. The van der Waals surface area contributed by atoms with Gasteiger partial charge in [0.1, 0.15) is 23.9 Å². The number of hydrogen-bond acceptors (Lipinski definition) is 4. The Balaban J connectivity index is 1.42. The second-order valence-corrected chi connectivity index (χ2v) is 6.60. The molecule has 0 spiro atoms. The first kappa shape index (κ1) is 15.7. The summed E-state index contributed by atoms with van der Waals surface area (Å²) in [5, 5.41) is 12.4. The molecule has 1 aliphatic carbocycles. The number of nitrogens with one attached hydrogen (secondary N) is 1. The predicted octanol–water partition coefficient (Wildman–Crippen LogP) is 3.48. The molecule has 25 heavy (non-hydrogen) atoms. The Kier molecular flexibility index (Phi) is 4.17. The highest BCUT2D eigenvalue weighted by Gasteiger charge is 2.22. The molecule has 1 saturated carbocycles. The lowest BCUT2D eigenvalue weighted by atomic mass is 9.81. The third kappa shape index (κ3) is 3.38. The van der Waals surface area contributed by atoms with Crippen LogP contribution in [-0.2, 0) is 6.54 Å². The summed E-state index contributed by atoms with van der Waals surface area (Å²) >= 11 is 0. The number of rotatable bonds is 2. The van der Waals surface area contributed by atoms with Crippen LogP contribution in [0.2, 0.25) is 0 Å². The van der Waals surface area contributed by atoms with Gasteiger partial charge in [-0.3, -0.25) is 5.32 Å². The van der Waals surface area contributed by atoms with Gasteiger partial charge in [0, 0.05) is 17.8 Å². The number of nitrogens with zero attached hydrogens (tertiary/aromatic N) is 2. The minimum Gasteiger partial charge on any atom is -0.508 e. The molecule has 6 heteroatoms. The van der Waals surface area contributed by atoms with Gasteiger partial charge in [0.2, 0.25) is 0 Å². The number of phenolic OH excluding ortho intramolecular Hbond substituents is 1. The molecule has 2 N–H and O–H groups in total. The number of anilines is 1. The summed E-state index contributed by atoms with van der Waals surface area (Å²) in [6.45, 7) is 1.29. The number of phenols is 1. The molecule has 1 aromatic carbocycles. The van der Waals surface area contributed by atoms with E-state index in [1.165, 1.54) is 24.8 Å². The van der Waals surface area contributed by atoms with Crippen LogP contribution >= 0.6 is 0 Å². The van der Waals surface area contributed by atoms with Crippen molar-refractivity contribution in [1.82, 2.24) is 9.88 Å². The van der Waals surface area contributed by atoms with E-state index in [9.17, 15) is 9.90 Å². The van der Waals surface area contributed by atoms with Gasteiger partial charge in [0.25, 0.3) is 0 Å². The lowest BCUT2D eigenvalue weighted by Gasteiger charge is -2.25. The van der Waals surface area contributed by atoms with Crippen molar-refractivity contribution in [3.05, 3.63) is 47.7 Å². The SMILES string of the molecule is O=C(Nc1ccc(C2CCC2)cn1)N1CCOc2cc(O)ccc2C1. The van der Waals surface area contributed by atoms with E-state index in [1.807, 2.05) is 12.3 Å². The number of benzene rings is 1. The Labute approximate surface area is 146 Å². The standard InChI is InChI=1S/C19H21N3O3/c23-16-6-4-15-12-22(8-9-25-17(15)10-16)19(24)21-18-7-5-14(11-20-18)13-2-1-3-13/h4-7,10-11,13,23H,1-3,8-9,12H2,(H,20,21,24). The Morgan fingerprint density at radius 2 is 2.16 bits per heavy atom. The first-order valence-electron chi connectivity index (χ1n) is 8.65. The van der Waals surface area contributed by atoms with Crippen molar-refractivity contribution in [1.29, 1.82) is 0 Å². The smallest absolute Gasteiger partial charge is 0.323 e. The van der Waals surface area contributed by atoms with Crippen LogP contribution in [0.1, 0.15) is 36.3 Å². The summed E-state index contributed by atoms with van der Waals surface area (Å²) in [6, 6.07) is 8.68. The van der Waals surface area contributed by atoms with Gasteiger partial charge in [-0.25, -0.2) is 9.78 Å². The number of carbonyl (C=O) groups is 1. The van der Waals surface area contributed by atoms with Crippen LogP contribution in [0.5, 0.6) is 11.5 Å². The van der Waals surface area contributed by atoms with E-state index < -0.39 is 0 Å². The average molecular weight is 339 g/mol. The second kappa shape index (κ2) is 6.63. The van der Waals surface area contributed by atoms with Gasteiger partial charge < -0.3 is 14.7 Å². The van der Waals surface area contributed by atoms with E-state index in [0.717, 1.165) is 5.56 Å². The Bertz CT molecular complexity index is 772. The maximum Gasteiger partial charge on any atom is 0.323 e. The number of amides is 2. The number of pyridine rings is 1. The zero-order valence-electron chi connectivity index (χ0n) is 13.9. The van der Waals surface area contributed by atoms with Crippen LogP contribution in [0.25, 0.3) is 0 Å². The number of carbonyl (C=O) groups excluding carboxylic acids is 1. The highest BCUT2D eigenvalue weighted by atomic mass is 16.5. The number of ether oxygens (including phenoxy) is 1. The summed E-state index contributed by atoms with van der Waals surface area (Å²) in [5.41, 5.74) is 2.12. The number of fused-ring (bicyclic) bond motifs is 1. The fourth-order valence-corrected chi connectivity index (χ4v) is 3.18. The summed E-state index contributed by atoms with van der Waals surface area (Å²) < 4.78 is 5.62. The van der Waals surface area contributed by atoms with Crippen LogP contribution in [0, 0.1) is 0 Å². The number of aromatic nitrogens is 1. The van der Waals surface area contributed by atoms with Crippen molar-refractivity contribution in [3.63, 3.8) is 0 Å². The number of hydrogen-bond donors (Lipinski definition) is 2. The average Bonchev–Trinajstić information content (AvgIpc) is 2.77. The minimum absolute atomic E-state index is 0.160. The highest BCUT2D eigenvalue weighted by molar-refractivity contribution is 5.88. The maximum absolute atomic E-state index is 12.6. The van der Waals surface area contributed by atoms with Crippen molar-refractivity contribution in [3.8, 4) is 11.5 Å². The topological polar surface area (TPSA) is 74.7 Å². The van der Waals surface area contributed by atoms with E-state index in [4.69, 9.17) is 4.74 Å². The highest BCUT2D eigenvalue weighted by Crippen LogP contribution is 2.36. The van der Waals surface area contributed by atoms with Crippen LogP contribution in [0.4, 0.5) is 10.6 Å². The fraction of sp³-hybridized carbons (Fsp3) is 0.368. The van der Waals surface area contributed by atoms with Crippen molar-refractivity contribution in [2.45, 2.75) is 31.7 Å². The van der Waals surface area contributed by atoms with Gasteiger partial charge in [-0.15, -0.1) is 0 Å². The molecule has 0 atom stereocenters. The summed E-state index contributed by atoms with van der Waals surface area (Å²) in [6.07, 6.45) is 5.62. The first-order chi connectivity index (χ1) is 12.2. The van der Waals surface area contributed by atoms with Crippen molar-refractivity contribution >= 4 is 11.8 Å². The molecule has 2 heterocycles. The van der Waals surface area contributed by atoms with Crippen molar-refractivity contribution in [2.24, 2.45) is 0 Å². The van der Waals surface area contributed by atoms with E-state index >= 15 is 0 Å². The summed E-state index contributed by atoms with van der Waals surface area (Å²) in [7, 11) is 0. The van der Waals surface area contributed by atoms with Gasteiger partial charge in [-0.1, -0.05) is 12.5 Å². The molecule has 2 aromatic rings. The molecule has 130 valence electrons. The predicted molar refractivity (Wildman–Crippen MR) is 93.9 cm³/mol. The van der Waals surface area contributed by atoms with E-state index in [2.05, 4.69) is 16.4 Å². The quantitative estimate of drug-likeness (QED) is 0.878. The van der Waals surface area contributed by atoms with E-state index in [1.54, 1.807) is 23.1 Å². The summed E-state index contributed by atoms with van der Waals surface area (Å²) in [5.74, 6) is 1.97. The van der Waals surface area contributed by atoms with Crippen LogP contribution in [0.3, 0.4) is 0 Å². The molecular formula is C19H21N3O3. The van der Waals surface area contributed by atoms with Crippen LogP contribution in [0.15, 0.2) is 36.5 Å². The molecule has 0 unspecified atom stereocenters. The van der Waals surface area contributed by atoms with E-state index in [0.29, 0.717) is 37.2 Å². The lowest BCUT2D eigenvalue weighted by molar-refractivity contribution is 0.200. The molecule has 6 nitrogen and oxygen atoms in total. The fourth-order valence-electron chi connectivity index (χ4n) is 3.18. The normalized spacial score (nSPS) is 17.0. The van der Waals surface area contributed by atoms with Crippen molar-refractivity contribution < 1.29 is 14.6 Å². The monoisotopic (exact) mass is 339 g/mol. The zero-order valence-corrected chi connectivity index (χ0v) is 13.9. The lowest BCUT2D eigenvalue weighted by Crippen LogP contribution is -2.36. The molecule has 0 radical (unpaired) electrons. The molecule has 2 amide bonds. The van der Waals surface area contributed by atoms with Gasteiger partial charge in [-0.05, 0) is 42.5 Å². The third-order valence-corrected chi connectivity index (χ3v) is 4.92. The van der Waals surface area contributed by atoms with Crippen molar-refractivity contribution in [2.75, 3.05) is 18.5 Å². The third-order valence-electron chi connectivity index (χ3n) is 4.92. The molecule has 0 saturated heterocycles. The summed E-state index contributed by atoms with van der Waals surface area (Å²) in [4.78, 5) is 18.6. The van der Waals surface area contributed by atoms with Crippen LogP contribution in [-0.4, -0.2) is 34.2 Å². The molecule has 0 bridgehead atoms. The molecule has 1 aromatic heterocycles. The molecular weight excluding hydrogens is 318 g/mol. The minimum atomic E-state index is -0.201. The second-order valence-electron chi connectivity index (χ2n) is 6.60. The molecule has 1 aliphatic heterocycles. The molecule has 1 fully saturated rings. The van der Waals surface area contributed by atoms with Gasteiger partial charge in [0.15, 0.2) is 0 Å². The van der Waals surface area contributed by atoms with E-state index in [-0.39, 0.29) is 11.8 Å². The van der Waals surface area contributed by atoms with Gasteiger partial charge in [-0.2, -0.15) is 0 Å². The Hall–Kier alpha value is -2.76. The largest absolute Gasteiger partial charge is 0.508 e. The Morgan fingerprint density at radius 1 is 1.28 bits per heavy atom. The molecule has 4 rings (SSSR count). The maximum atomic E-state index is 12.6. The number of urea groups is 1. The van der Waals surface area contributed by atoms with Gasteiger partial charge >= 0.3 is 6.03 Å². The molecule has 2 aliphatic rings. The van der Waals surface area contributed by atoms with Crippen LogP contribution < -0.4 is 10.1 Å². The number of aromatic hydroxyl groups is 1. The Morgan fingerprint density at radius 3 is 2.88 bits per heavy atom. The van der Waals surface area contributed by atoms with Gasteiger partial charge in [0.05, 0.1) is 13.1 Å².